The van der Waals surface area contributed by atoms with Crippen molar-refractivity contribution < 1.29 is 19.1 Å². The van der Waals surface area contributed by atoms with Crippen molar-refractivity contribution in [1.29, 1.82) is 0 Å². The van der Waals surface area contributed by atoms with Crippen LogP contribution in [0.25, 0.3) is 6.08 Å². The first-order valence-corrected chi connectivity index (χ1v) is 8.53. The van der Waals surface area contributed by atoms with Crippen LogP contribution in [0.15, 0.2) is 71.4 Å². The zero-order valence-electron chi connectivity index (χ0n) is 14.2. The lowest BCUT2D eigenvalue weighted by Gasteiger charge is -2.10. The maximum absolute atomic E-state index is 12.4. The number of esters is 1. The maximum Gasteiger partial charge on any atom is 0.355 e. The van der Waals surface area contributed by atoms with Crippen molar-refractivity contribution >= 4 is 33.9 Å². The molecule has 6 heteroatoms. The van der Waals surface area contributed by atoms with Crippen molar-refractivity contribution in [2.24, 2.45) is 0 Å². The number of halogens is 1. The Kier molecular flexibility index (Phi) is 7.17. The fourth-order valence-corrected chi connectivity index (χ4v) is 2.29. The van der Waals surface area contributed by atoms with Gasteiger partial charge in [-0.25, -0.2) is 4.79 Å². The van der Waals surface area contributed by atoms with Crippen LogP contribution >= 0.6 is 15.9 Å². The highest BCUT2D eigenvalue weighted by molar-refractivity contribution is 9.10. The first-order valence-electron chi connectivity index (χ1n) is 7.74. The normalized spacial score (nSPS) is 10.8. The molecule has 0 atom stereocenters. The molecule has 134 valence electrons. The Morgan fingerprint density at radius 2 is 1.77 bits per heavy atom. The van der Waals surface area contributed by atoms with Crippen LogP contribution < -0.4 is 10.1 Å². The van der Waals surface area contributed by atoms with E-state index >= 15 is 0 Å². The molecule has 0 spiro atoms. The molecule has 0 unspecified atom stereocenters. The van der Waals surface area contributed by atoms with E-state index in [0.29, 0.717) is 16.9 Å². The van der Waals surface area contributed by atoms with Gasteiger partial charge < -0.3 is 14.8 Å². The van der Waals surface area contributed by atoms with Crippen molar-refractivity contribution in [1.82, 2.24) is 5.32 Å². The van der Waals surface area contributed by atoms with Gasteiger partial charge in [-0.05, 0) is 48.0 Å². The fourth-order valence-electron chi connectivity index (χ4n) is 2.02. The van der Waals surface area contributed by atoms with Crippen molar-refractivity contribution in [3.05, 3.63) is 82.5 Å². The minimum Gasteiger partial charge on any atom is -0.497 e. The van der Waals surface area contributed by atoms with Crippen LogP contribution in [-0.4, -0.2) is 25.6 Å². The van der Waals surface area contributed by atoms with Crippen LogP contribution in [0.2, 0.25) is 0 Å². The Labute approximate surface area is 160 Å². The Bertz CT molecular complexity index is 811. The van der Waals surface area contributed by atoms with Crippen LogP contribution in [0.5, 0.6) is 5.75 Å². The van der Waals surface area contributed by atoms with Gasteiger partial charge in [0, 0.05) is 10.0 Å². The molecule has 2 aromatic carbocycles. The van der Waals surface area contributed by atoms with Gasteiger partial charge in [0.15, 0.2) is 0 Å². The minimum absolute atomic E-state index is 0.0323. The topological polar surface area (TPSA) is 64.6 Å². The molecule has 26 heavy (non-hydrogen) atoms. The summed E-state index contributed by atoms with van der Waals surface area (Å²) < 4.78 is 11.0. The number of rotatable bonds is 7. The van der Waals surface area contributed by atoms with Crippen LogP contribution in [0.1, 0.15) is 15.9 Å². The largest absolute Gasteiger partial charge is 0.497 e. The number of hydrogen-bond donors (Lipinski definition) is 1. The number of methoxy groups -OCH3 is 1. The molecule has 2 aromatic rings. The zero-order chi connectivity index (χ0) is 18.9. The summed E-state index contributed by atoms with van der Waals surface area (Å²) in [5, 5.41) is 2.61. The quantitative estimate of drug-likeness (QED) is 0.422. The third-order valence-corrected chi connectivity index (χ3v) is 3.86. The molecule has 5 nitrogen and oxygen atoms in total. The van der Waals surface area contributed by atoms with E-state index in [0.717, 1.165) is 4.47 Å². The molecular weight excluding hydrogens is 398 g/mol. The summed E-state index contributed by atoms with van der Waals surface area (Å²) in [7, 11) is 1.57. The second-order valence-corrected chi connectivity index (χ2v) is 6.10. The average molecular weight is 416 g/mol. The van der Waals surface area contributed by atoms with E-state index in [1.165, 1.54) is 6.08 Å². The number of benzene rings is 2. The lowest BCUT2D eigenvalue weighted by atomic mass is 10.1. The van der Waals surface area contributed by atoms with E-state index in [4.69, 9.17) is 9.47 Å². The van der Waals surface area contributed by atoms with Gasteiger partial charge >= 0.3 is 5.97 Å². The molecule has 0 aliphatic carbocycles. The number of carbonyl (C=O) groups is 2. The molecule has 1 amide bonds. The highest BCUT2D eigenvalue weighted by atomic mass is 79.9. The van der Waals surface area contributed by atoms with Crippen molar-refractivity contribution in [2.45, 2.75) is 0 Å². The monoisotopic (exact) mass is 415 g/mol. The average Bonchev–Trinajstić information content (AvgIpc) is 2.66. The Balaban J connectivity index is 2.25. The molecule has 0 saturated carbocycles. The van der Waals surface area contributed by atoms with E-state index in [-0.39, 0.29) is 12.3 Å². The van der Waals surface area contributed by atoms with E-state index in [1.54, 1.807) is 61.7 Å². The summed E-state index contributed by atoms with van der Waals surface area (Å²) in [6.45, 7) is 3.56. The van der Waals surface area contributed by atoms with Gasteiger partial charge in [0.25, 0.3) is 5.91 Å². The predicted octanol–water partition coefficient (Wildman–Crippen LogP) is 3.96. The Morgan fingerprint density at radius 1 is 1.12 bits per heavy atom. The van der Waals surface area contributed by atoms with Gasteiger partial charge in [0.05, 0.1) is 7.11 Å². The zero-order valence-corrected chi connectivity index (χ0v) is 15.8. The van der Waals surface area contributed by atoms with Crippen molar-refractivity contribution in [3.63, 3.8) is 0 Å². The molecule has 0 radical (unpaired) electrons. The smallest absolute Gasteiger partial charge is 0.355 e. The molecule has 0 aliphatic heterocycles. The molecule has 0 heterocycles. The molecule has 1 N–H and O–H groups in total. The maximum atomic E-state index is 12.4. The summed E-state index contributed by atoms with van der Waals surface area (Å²) in [6.07, 6.45) is 3.00. The lowest BCUT2D eigenvalue weighted by Crippen LogP contribution is -2.28. The van der Waals surface area contributed by atoms with Gasteiger partial charge in [-0.15, -0.1) is 0 Å². The van der Waals surface area contributed by atoms with Gasteiger partial charge in [-0.2, -0.15) is 0 Å². The highest BCUT2D eigenvalue weighted by Gasteiger charge is 2.15. The van der Waals surface area contributed by atoms with Gasteiger partial charge in [-0.3, -0.25) is 4.79 Å². The van der Waals surface area contributed by atoms with Gasteiger partial charge in [-0.1, -0.05) is 40.7 Å². The van der Waals surface area contributed by atoms with Gasteiger partial charge in [0.2, 0.25) is 0 Å². The number of carbonyl (C=O) groups excluding carboxylic acids is 2. The molecular formula is C20H18BrNO4. The van der Waals surface area contributed by atoms with E-state index in [1.807, 2.05) is 0 Å². The van der Waals surface area contributed by atoms with Crippen molar-refractivity contribution in [3.8, 4) is 5.75 Å². The lowest BCUT2D eigenvalue weighted by molar-refractivity contribution is -0.138. The summed E-state index contributed by atoms with van der Waals surface area (Å²) >= 11 is 3.32. The molecule has 0 aliphatic rings. The first kappa shape index (κ1) is 19.5. The molecule has 0 aromatic heterocycles. The number of ether oxygens (including phenoxy) is 2. The first-order chi connectivity index (χ1) is 12.5. The van der Waals surface area contributed by atoms with Crippen LogP contribution in [0.4, 0.5) is 0 Å². The van der Waals surface area contributed by atoms with E-state index < -0.39 is 11.9 Å². The molecule has 2 rings (SSSR count). The van der Waals surface area contributed by atoms with E-state index in [9.17, 15) is 9.59 Å². The Morgan fingerprint density at radius 3 is 2.35 bits per heavy atom. The third-order valence-electron chi connectivity index (χ3n) is 3.33. The fraction of sp³-hybridized carbons (Fsp3) is 0.100. The minimum atomic E-state index is -0.647. The van der Waals surface area contributed by atoms with Crippen LogP contribution in [-0.2, 0) is 9.53 Å². The molecule has 0 saturated heterocycles. The third kappa shape index (κ3) is 5.60. The summed E-state index contributed by atoms with van der Waals surface area (Å²) in [6, 6.07) is 13.9. The standard InChI is InChI=1S/C20H18BrNO4/c1-3-12-26-20(24)18(13-14-4-10-17(25-2)11-5-14)22-19(23)15-6-8-16(21)9-7-15/h3-11,13H,1,12H2,2H3,(H,22,23)/b18-13+. The summed E-state index contributed by atoms with van der Waals surface area (Å²) in [5.74, 6) is -0.365. The second kappa shape index (κ2) is 9.58. The van der Waals surface area contributed by atoms with Crippen LogP contribution in [0, 0.1) is 0 Å². The Hall–Kier alpha value is -2.86. The number of nitrogens with one attached hydrogen (secondary N) is 1. The second-order valence-electron chi connectivity index (χ2n) is 5.18. The van der Waals surface area contributed by atoms with E-state index in [2.05, 4.69) is 27.8 Å². The number of hydrogen-bond acceptors (Lipinski definition) is 4. The molecule has 0 fully saturated rings. The van der Waals surface area contributed by atoms with Crippen LogP contribution in [0.3, 0.4) is 0 Å². The predicted molar refractivity (Wildman–Crippen MR) is 104 cm³/mol. The molecule has 0 bridgehead atoms. The summed E-state index contributed by atoms with van der Waals surface area (Å²) in [5.41, 5.74) is 1.17. The number of amides is 1. The SMILES string of the molecule is C=CCOC(=O)/C(=C\c1ccc(OC)cc1)NC(=O)c1ccc(Br)cc1. The van der Waals surface area contributed by atoms with Gasteiger partial charge in [0.1, 0.15) is 18.1 Å². The highest BCUT2D eigenvalue weighted by Crippen LogP contribution is 2.15. The summed E-state index contributed by atoms with van der Waals surface area (Å²) in [4.78, 5) is 24.7. The van der Waals surface area contributed by atoms with Crippen molar-refractivity contribution in [2.75, 3.05) is 13.7 Å².